The molecule has 0 aliphatic rings. The number of carbonyl (C=O) groups excluding carboxylic acids is 2. The maximum Gasteiger partial charge on any atom is 0.254 e. The number of nitrogens with zero attached hydrogens (tertiary/aromatic N) is 3. The Kier molecular flexibility index (Phi) is 7.47. The van der Waals surface area contributed by atoms with Crippen molar-refractivity contribution in [2.45, 2.75) is 18.1 Å². The fourth-order valence-electron chi connectivity index (χ4n) is 3.04. The summed E-state index contributed by atoms with van der Waals surface area (Å²) in [4.78, 5) is 25.0. The van der Waals surface area contributed by atoms with Crippen molar-refractivity contribution in [3.63, 3.8) is 0 Å². The van der Waals surface area contributed by atoms with Crippen LogP contribution in [-0.2, 0) is 7.05 Å². The van der Waals surface area contributed by atoms with E-state index in [2.05, 4.69) is 15.5 Å². The number of halogens is 1. The fraction of sp³-hybridized carbons (Fsp3) is 0.273. The topological polar surface area (TPSA) is 95.3 Å². The highest BCUT2D eigenvalue weighted by Crippen LogP contribution is 2.28. The molecule has 0 fully saturated rings. The lowest BCUT2D eigenvalue weighted by atomic mass is 10.1. The Hall–Kier alpha value is -3.40. The highest BCUT2D eigenvalue weighted by atomic mass is 32.2. The molecule has 0 unspecified atom stereocenters. The Bertz CT molecular complexity index is 1130. The standard InChI is InChI=1S/C22H23FN4O4S/c1-13(24-21(29)15-7-5-6-8-16(15)23)20-25-26-22(27(20)2)32-12-17(28)14-9-10-18(30-3)19(11-14)31-4/h5-11,13H,12H2,1-4H3,(H,24,29)/t13-/m0/s1. The van der Waals surface area contributed by atoms with Crippen molar-refractivity contribution in [1.29, 1.82) is 0 Å². The summed E-state index contributed by atoms with van der Waals surface area (Å²) in [5.74, 6) is 0.385. The van der Waals surface area contributed by atoms with Gasteiger partial charge in [-0.25, -0.2) is 4.39 Å². The van der Waals surface area contributed by atoms with E-state index in [0.29, 0.717) is 28.0 Å². The van der Waals surface area contributed by atoms with E-state index in [1.807, 2.05) is 0 Å². The molecule has 2 aromatic carbocycles. The van der Waals surface area contributed by atoms with E-state index in [1.165, 1.54) is 44.2 Å². The van der Waals surface area contributed by atoms with Gasteiger partial charge in [0.05, 0.1) is 31.6 Å². The van der Waals surface area contributed by atoms with Gasteiger partial charge in [0.25, 0.3) is 5.91 Å². The van der Waals surface area contributed by atoms with Gasteiger partial charge in [-0.2, -0.15) is 0 Å². The Morgan fingerprint density at radius 2 is 1.84 bits per heavy atom. The van der Waals surface area contributed by atoms with Crippen molar-refractivity contribution >= 4 is 23.5 Å². The van der Waals surface area contributed by atoms with Gasteiger partial charge in [0.1, 0.15) is 5.82 Å². The minimum atomic E-state index is -0.597. The average Bonchev–Trinajstić information content (AvgIpc) is 3.17. The summed E-state index contributed by atoms with van der Waals surface area (Å²) in [6.45, 7) is 1.73. The molecule has 168 valence electrons. The zero-order valence-electron chi connectivity index (χ0n) is 18.1. The number of hydrogen-bond acceptors (Lipinski definition) is 7. The van der Waals surface area contributed by atoms with Crippen molar-refractivity contribution in [1.82, 2.24) is 20.1 Å². The van der Waals surface area contributed by atoms with Crippen LogP contribution in [0.4, 0.5) is 4.39 Å². The second-order valence-corrected chi connectivity index (χ2v) is 7.80. The predicted molar refractivity (Wildman–Crippen MR) is 118 cm³/mol. The van der Waals surface area contributed by atoms with Crippen LogP contribution in [0, 0.1) is 5.82 Å². The minimum Gasteiger partial charge on any atom is -0.493 e. The van der Waals surface area contributed by atoms with Gasteiger partial charge in [-0.05, 0) is 37.3 Å². The number of hydrogen-bond donors (Lipinski definition) is 1. The van der Waals surface area contributed by atoms with Crippen LogP contribution < -0.4 is 14.8 Å². The summed E-state index contributed by atoms with van der Waals surface area (Å²) < 4.78 is 26.0. The van der Waals surface area contributed by atoms with Crippen molar-refractivity contribution in [2.24, 2.45) is 7.05 Å². The van der Waals surface area contributed by atoms with E-state index >= 15 is 0 Å². The molecule has 0 radical (unpaired) electrons. The molecule has 1 aromatic heterocycles. The van der Waals surface area contributed by atoms with Crippen molar-refractivity contribution in [2.75, 3.05) is 20.0 Å². The highest BCUT2D eigenvalue weighted by molar-refractivity contribution is 7.99. The molecule has 1 N–H and O–H groups in total. The van der Waals surface area contributed by atoms with E-state index in [-0.39, 0.29) is 17.1 Å². The van der Waals surface area contributed by atoms with Crippen LogP contribution in [0.2, 0.25) is 0 Å². The summed E-state index contributed by atoms with van der Waals surface area (Å²) >= 11 is 1.22. The SMILES string of the molecule is COc1ccc(C(=O)CSc2nnc([C@H](C)NC(=O)c3ccccc3F)n2C)cc1OC. The van der Waals surface area contributed by atoms with Crippen LogP contribution >= 0.6 is 11.8 Å². The third-order valence-corrected chi connectivity index (χ3v) is 5.78. The van der Waals surface area contributed by atoms with Crippen LogP contribution in [0.5, 0.6) is 11.5 Å². The molecule has 0 spiro atoms. The zero-order chi connectivity index (χ0) is 23.3. The van der Waals surface area contributed by atoms with Gasteiger partial charge in [-0.1, -0.05) is 23.9 Å². The number of thioether (sulfide) groups is 1. The molecule has 32 heavy (non-hydrogen) atoms. The van der Waals surface area contributed by atoms with Gasteiger partial charge in [-0.15, -0.1) is 10.2 Å². The number of methoxy groups -OCH3 is 2. The number of rotatable bonds is 9. The van der Waals surface area contributed by atoms with E-state index in [1.54, 1.807) is 42.8 Å². The first kappa shape index (κ1) is 23.3. The van der Waals surface area contributed by atoms with E-state index in [0.717, 1.165) is 0 Å². The lowest BCUT2D eigenvalue weighted by molar-refractivity contribution is 0.0933. The molecular weight excluding hydrogens is 435 g/mol. The van der Waals surface area contributed by atoms with Crippen molar-refractivity contribution in [3.8, 4) is 11.5 Å². The molecule has 8 nitrogen and oxygen atoms in total. The van der Waals surface area contributed by atoms with Crippen molar-refractivity contribution < 1.29 is 23.5 Å². The molecule has 0 bridgehead atoms. The Labute approximate surface area is 189 Å². The molecule has 3 aromatic rings. The predicted octanol–water partition coefficient (Wildman–Crippen LogP) is 3.44. The molecule has 10 heteroatoms. The van der Waals surface area contributed by atoms with Gasteiger partial charge in [-0.3, -0.25) is 9.59 Å². The lowest BCUT2D eigenvalue weighted by Crippen LogP contribution is -2.29. The van der Waals surface area contributed by atoms with Crippen LogP contribution in [0.3, 0.4) is 0 Å². The third kappa shape index (κ3) is 5.08. The molecule has 0 aliphatic heterocycles. The number of aromatic nitrogens is 3. The van der Waals surface area contributed by atoms with Crippen LogP contribution in [0.15, 0.2) is 47.6 Å². The molecule has 1 amide bonds. The molecule has 0 saturated heterocycles. The Morgan fingerprint density at radius 3 is 2.53 bits per heavy atom. The van der Waals surface area contributed by atoms with Gasteiger partial charge in [0.15, 0.2) is 28.3 Å². The average molecular weight is 459 g/mol. The molecule has 0 aliphatic carbocycles. The number of ether oxygens (including phenoxy) is 2. The first-order chi connectivity index (χ1) is 15.3. The van der Waals surface area contributed by atoms with E-state index < -0.39 is 17.8 Å². The second-order valence-electron chi connectivity index (χ2n) is 6.86. The lowest BCUT2D eigenvalue weighted by Gasteiger charge is -2.14. The van der Waals surface area contributed by atoms with Crippen LogP contribution in [-0.4, -0.2) is 46.4 Å². The fourth-order valence-corrected chi connectivity index (χ4v) is 3.85. The van der Waals surface area contributed by atoms with Gasteiger partial charge < -0.3 is 19.4 Å². The first-order valence-corrected chi connectivity index (χ1v) is 10.7. The minimum absolute atomic E-state index is 0.0448. The molecule has 1 heterocycles. The second kappa shape index (κ2) is 10.3. The normalized spacial score (nSPS) is 11.7. The number of amides is 1. The molecule has 0 saturated carbocycles. The maximum absolute atomic E-state index is 13.8. The largest absolute Gasteiger partial charge is 0.493 e. The monoisotopic (exact) mass is 458 g/mol. The van der Waals surface area contributed by atoms with E-state index in [4.69, 9.17) is 9.47 Å². The summed E-state index contributed by atoms with van der Waals surface area (Å²) in [5, 5.41) is 11.5. The smallest absolute Gasteiger partial charge is 0.254 e. The zero-order valence-corrected chi connectivity index (χ0v) is 18.9. The first-order valence-electron chi connectivity index (χ1n) is 9.68. The Morgan fingerprint density at radius 1 is 1.12 bits per heavy atom. The number of benzene rings is 2. The van der Waals surface area contributed by atoms with Gasteiger partial charge in [0.2, 0.25) is 0 Å². The summed E-state index contributed by atoms with van der Waals surface area (Å²) in [6.07, 6.45) is 0. The Balaban J connectivity index is 1.65. The van der Waals surface area contributed by atoms with Crippen LogP contribution in [0.25, 0.3) is 0 Å². The number of nitrogens with one attached hydrogen (secondary N) is 1. The number of ketones is 1. The van der Waals surface area contributed by atoms with Gasteiger partial charge in [0, 0.05) is 12.6 Å². The number of Topliss-reactive ketones (excluding diaryl/α,β-unsaturated/α-hetero) is 1. The summed E-state index contributed by atoms with van der Waals surface area (Å²) in [6, 6.07) is 10.2. The summed E-state index contributed by atoms with van der Waals surface area (Å²) in [5.41, 5.74) is 0.444. The number of carbonyl (C=O) groups is 2. The van der Waals surface area contributed by atoms with Gasteiger partial charge >= 0.3 is 0 Å². The molecule has 3 rings (SSSR count). The summed E-state index contributed by atoms with van der Waals surface area (Å²) in [7, 11) is 4.78. The highest BCUT2D eigenvalue weighted by Gasteiger charge is 2.20. The maximum atomic E-state index is 13.8. The van der Waals surface area contributed by atoms with Crippen LogP contribution in [0.1, 0.15) is 39.5 Å². The molecule has 1 atom stereocenters. The molecular formula is C22H23FN4O4S. The third-order valence-electron chi connectivity index (χ3n) is 4.76. The van der Waals surface area contributed by atoms with Crippen molar-refractivity contribution in [3.05, 3.63) is 65.2 Å². The quantitative estimate of drug-likeness (QED) is 0.388. The van der Waals surface area contributed by atoms with E-state index in [9.17, 15) is 14.0 Å².